The summed E-state index contributed by atoms with van der Waals surface area (Å²) in [4.78, 5) is 23.8. The minimum Gasteiger partial charge on any atom is -0.481 e. The minimum atomic E-state index is -0.826. The highest BCUT2D eigenvalue weighted by Crippen LogP contribution is 2.29. The molecular weight excluding hydrogens is 194 g/mol. The third-order valence-electron chi connectivity index (χ3n) is 2.69. The predicted octanol–water partition coefficient (Wildman–Crippen LogP) is 1.50. The van der Waals surface area contributed by atoms with E-state index in [0.717, 1.165) is 13.1 Å². The Morgan fingerprint density at radius 1 is 1.33 bits per heavy atom. The van der Waals surface area contributed by atoms with Crippen molar-refractivity contribution in [2.45, 2.75) is 39.0 Å². The first-order valence-electron chi connectivity index (χ1n) is 5.63. The van der Waals surface area contributed by atoms with Gasteiger partial charge in [-0.25, -0.2) is 0 Å². The van der Waals surface area contributed by atoms with E-state index in [-0.39, 0.29) is 12.3 Å². The lowest BCUT2D eigenvalue weighted by Gasteiger charge is -2.20. The Kier molecular flexibility index (Phi) is 4.59. The van der Waals surface area contributed by atoms with Crippen LogP contribution in [0.5, 0.6) is 0 Å². The lowest BCUT2D eigenvalue weighted by atomic mass is 10.2. The standard InChI is InChI=1S/C11H19NO3/c1-2-12(8-9-6-7-9)10(13)4-3-5-11(14)15/h9H,2-8H2,1H3,(H,14,15). The van der Waals surface area contributed by atoms with Crippen molar-refractivity contribution in [1.29, 1.82) is 0 Å². The van der Waals surface area contributed by atoms with Crippen LogP contribution in [0.4, 0.5) is 0 Å². The van der Waals surface area contributed by atoms with E-state index in [2.05, 4.69) is 0 Å². The molecule has 0 bridgehead atoms. The number of carbonyl (C=O) groups is 2. The Labute approximate surface area is 90.3 Å². The second kappa shape index (κ2) is 5.73. The highest BCUT2D eigenvalue weighted by Gasteiger charge is 2.25. The van der Waals surface area contributed by atoms with Crippen molar-refractivity contribution in [3.63, 3.8) is 0 Å². The molecule has 1 rings (SSSR count). The van der Waals surface area contributed by atoms with Gasteiger partial charge in [0.1, 0.15) is 0 Å². The molecule has 4 heteroatoms. The molecule has 86 valence electrons. The zero-order valence-corrected chi connectivity index (χ0v) is 9.24. The Bertz CT molecular complexity index is 236. The van der Waals surface area contributed by atoms with Crippen molar-refractivity contribution >= 4 is 11.9 Å². The summed E-state index contributed by atoms with van der Waals surface area (Å²) >= 11 is 0. The molecule has 1 aliphatic carbocycles. The van der Waals surface area contributed by atoms with E-state index in [1.807, 2.05) is 11.8 Å². The van der Waals surface area contributed by atoms with Crippen LogP contribution in [0.15, 0.2) is 0 Å². The first kappa shape index (κ1) is 12.0. The van der Waals surface area contributed by atoms with Gasteiger partial charge in [-0.2, -0.15) is 0 Å². The predicted molar refractivity (Wildman–Crippen MR) is 56.5 cm³/mol. The normalized spacial score (nSPS) is 15.0. The molecule has 0 aromatic heterocycles. The molecule has 0 spiro atoms. The molecule has 1 aliphatic rings. The molecule has 0 aromatic rings. The molecule has 1 saturated carbocycles. The van der Waals surface area contributed by atoms with Gasteiger partial charge in [0.05, 0.1) is 0 Å². The number of nitrogens with zero attached hydrogens (tertiary/aromatic N) is 1. The van der Waals surface area contributed by atoms with Crippen molar-refractivity contribution in [3.05, 3.63) is 0 Å². The van der Waals surface area contributed by atoms with E-state index in [4.69, 9.17) is 5.11 Å². The van der Waals surface area contributed by atoms with Gasteiger partial charge < -0.3 is 10.0 Å². The maximum absolute atomic E-state index is 11.7. The van der Waals surface area contributed by atoms with E-state index in [0.29, 0.717) is 18.8 Å². The molecule has 0 aliphatic heterocycles. The molecule has 1 amide bonds. The van der Waals surface area contributed by atoms with Crippen LogP contribution in [-0.2, 0) is 9.59 Å². The van der Waals surface area contributed by atoms with Gasteiger partial charge >= 0.3 is 5.97 Å². The van der Waals surface area contributed by atoms with Crippen molar-refractivity contribution in [2.24, 2.45) is 5.92 Å². The number of rotatable bonds is 7. The lowest BCUT2D eigenvalue weighted by molar-refractivity contribution is -0.137. The molecule has 0 atom stereocenters. The average molecular weight is 213 g/mol. The summed E-state index contributed by atoms with van der Waals surface area (Å²) in [6.45, 7) is 3.57. The van der Waals surface area contributed by atoms with Crippen molar-refractivity contribution in [2.75, 3.05) is 13.1 Å². The Balaban J connectivity index is 2.19. The Hall–Kier alpha value is -1.06. The van der Waals surface area contributed by atoms with Gasteiger partial charge in [-0.3, -0.25) is 9.59 Å². The molecule has 1 N–H and O–H groups in total. The topological polar surface area (TPSA) is 57.6 Å². The van der Waals surface area contributed by atoms with Crippen LogP contribution in [0.25, 0.3) is 0 Å². The van der Waals surface area contributed by atoms with E-state index in [9.17, 15) is 9.59 Å². The van der Waals surface area contributed by atoms with Crippen molar-refractivity contribution in [3.8, 4) is 0 Å². The number of carboxylic acids is 1. The summed E-state index contributed by atoms with van der Waals surface area (Å²) < 4.78 is 0. The van der Waals surface area contributed by atoms with E-state index in [1.54, 1.807) is 0 Å². The maximum Gasteiger partial charge on any atom is 0.303 e. The third kappa shape index (κ3) is 4.81. The SMILES string of the molecule is CCN(CC1CC1)C(=O)CCCC(=O)O. The van der Waals surface area contributed by atoms with Crippen LogP contribution in [0, 0.1) is 5.92 Å². The van der Waals surface area contributed by atoms with Crippen LogP contribution in [0.1, 0.15) is 39.0 Å². The van der Waals surface area contributed by atoms with E-state index >= 15 is 0 Å². The monoisotopic (exact) mass is 213 g/mol. The fourth-order valence-corrected chi connectivity index (χ4v) is 1.57. The molecule has 0 heterocycles. The average Bonchev–Trinajstić information content (AvgIpc) is 2.96. The molecule has 0 radical (unpaired) electrons. The first-order chi connectivity index (χ1) is 7.13. The van der Waals surface area contributed by atoms with E-state index < -0.39 is 5.97 Å². The quantitative estimate of drug-likeness (QED) is 0.697. The Morgan fingerprint density at radius 2 is 2.00 bits per heavy atom. The fourth-order valence-electron chi connectivity index (χ4n) is 1.57. The first-order valence-corrected chi connectivity index (χ1v) is 5.63. The summed E-state index contributed by atoms with van der Waals surface area (Å²) in [5.74, 6) is -0.0212. The number of hydrogen-bond donors (Lipinski definition) is 1. The highest BCUT2D eigenvalue weighted by atomic mass is 16.4. The largest absolute Gasteiger partial charge is 0.481 e. The van der Waals surface area contributed by atoms with Gasteiger partial charge in [0, 0.05) is 25.9 Å². The van der Waals surface area contributed by atoms with Gasteiger partial charge in [-0.05, 0) is 32.1 Å². The maximum atomic E-state index is 11.7. The number of hydrogen-bond acceptors (Lipinski definition) is 2. The lowest BCUT2D eigenvalue weighted by Crippen LogP contribution is -2.32. The number of carboxylic acid groups (broad SMARTS) is 1. The molecule has 0 saturated heterocycles. The number of aliphatic carboxylic acids is 1. The van der Waals surface area contributed by atoms with E-state index in [1.165, 1.54) is 12.8 Å². The zero-order chi connectivity index (χ0) is 11.3. The highest BCUT2D eigenvalue weighted by molar-refractivity contribution is 5.77. The molecule has 0 unspecified atom stereocenters. The van der Waals surface area contributed by atoms with Crippen LogP contribution >= 0.6 is 0 Å². The number of carbonyl (C=O) groups excluding carboxylic acids is 1. The van der Waals surface area contributed by atoms with Gasteiger partial charge in [0.2, 0.25) is 5.91 Å². The molecular formula is C11H19NO3. The molecule has 4 nitrogen and oxygen atoms in total. The van der Waals surface area contributed by atoms with Crippen molar-refractivity contribution < 1.29 is 14.7 Å². The summed E-state index contributed by atoms with van der Waals surface area (Å²) in [7, 11) is 0. The molecule has 15 heavy (non-hydrogen) atoms. The minimum absolute atomic E-state index is 0.0900. The van der Waals surface area contributed by atoms with Gasteiger partial charge in [-0.15, -0.1) is 0 Å². The summed E-state index contributed by atoms with van der Waals surface area (Å²) in [5.41, 5.74) is 0. The molecule has 0 aromatic carbocycles. The van der Waals surface area contributed by atoms with Crippen LogP contribution < -0.4 is 0 Å². The second-order valence-corrected chi connectivity index (χ2v) is 4.12. The summed E-state index contributed by atoms with van der Waals surface area (Å²) in [6, 6.07) is 0. The smallest absolute Gasteiger partial charge is 0.303 e. The molecule has 1 fully saturated rings. The zero-order valence-electron chi connectivity index (χ0n) is 9.24. The van der Waals surface area contributed by atoms with Crippen LogP contribution in [0.3, 0.4) is 0 Å². The van der Waals surface area contributed by atoms with Crippen molar-refractivity contribution in [1.82, 2.24) is 4.90 Å². The van der Waals surface area contributed by atoms with Crippen LogP contribution in [-0.4, -0.2) is 35.0 Å². The second-order valence-electron chi connectivity index (χ2n) is 4.12. The third-order valence-corrected chi connectivity index (χ3v) is 2.69. The Morgan fingerprint density at radius 3 is 2.47 bits per heavy atom. The summed E-state index contributed by atoms with van der Waals surface area (Å²) in [5, 5.41) is 8.45. The van der Waals surface area contributed by atoms with Gasteiger partial charge in [-0.1, -0.05) is 0 Å². The van der Waals surface area contributed by atoms with Gasteiger partial charge in [0.25, 0.3) is 0 Å². The number of amides is 1. The fraction of sp³-hybridized carbons (Fsp3) is 0.818. The summed E-state index contributed by atoms with van der Waals surface area (Å²) in [6.07, 6.45) is 3.38. The van der Waals surface area contributed by atoms with Gasteiger partial charge in [0.15, 0.2) is 0 Å². The van der Waals surface area contributed by atoms with Crippen LogP contribution in [0.2, 0.25) is 0 Å².